The lowest BCUT2D eigenvalue weighted by atomic mass is 10.1. The molecule has 1 amide bonds. The molecule has 0 spiro atoms. The van der Waals surface area contributed by atoms with Gasteiger partial charge in [-0.05, 0) is 61.5 Å². The van der Waals surface area contributed by atoms with Gasteiger partial charge < -0.3 is 10.1 Å². The van der Waals surface area contributed by atoms with E-state index in [0.717, 1.165) is 16.3 Å². The number of amides is 1. The second kappa shape index (κ2) is 8.24. The molecule has 0 atom stereocenters. The Morgan fingerprint density at radius 1 is 1.00 bits per heavy atom. The SMILES string of the molecule is Cc1nc(-c2ccc(NC(=O)c3cccc(Oc4ccc(F)cc4)c3)cc2)cs1. The van der Waals surface area contributed by atoms with E-state index >= 15 is 0 Å². The van der Waals surface area contributed by atoms with Gasteiger partial charge in [-0.25, -0.2) is 9.37 Å². The van der Waals surface area contributed by atoms with E-state index in [1.807, 2.05) is 36.6 Å². The summed E-state index contributed by atoms with van der Waals surface area (Å²) in [6.07, 6.45) is 0. The summed E-state index contributed by atoms with van der Waals surface area (Å²) in [5, 5.41) is 5.90. The van der Waals surface area contributed by atoms with Gasteiger partial charge >= 0.3 is 0 Å². The highest BCUT2D eigenvalue weighted by molar-refractivity contribution is 7.09. The number of nitrogens with one attached hydrogen (secondary N) is 1. The minimum atomic E-state index is -0.332. The van der Waals surface area contributed by atoms with Crippen LogP contribution in [0.15, 0.2) is 78.2 Å². The van der Waals surface area contributed by atoms with Crippen LogP contribution < -0.4 is 10.1 Å². The maximum absolute atomic E-state index is 13.0. The highest BCUT2D eigenvalue weighted by Crippen LogP contribution is 2.25. The predicted octanol–water partition coefficient (Wildman–Crippen LogP) is 6.30. The van der Waals surface area contributed by atoms with Gasteiger partial charge in [0.1, 0.15) is 17.3 Å². The van der Waals surface area contributed by atoms with Gasteiger partial charge in [0.15, 0.2) is 0 Å². The molecule has 0 unspecified atom stereocenters. The van der Waals surface area contributed by atoms with Crippen LogP contribution >= 0.6 is 11.3 Å². The lowest BCUT2D eigenvalue weighted by Gasteiger charge is -2.09. The number of benzene rings is 3. The summed E-state index contributed by atoms with van der Waals surface area (Å²) < 4.78 is 18.7. The van der Waals surface area contributed by atoms with Crippen molar-refractivity contribution < 1.29 is 13.9 Å². The number of aryl methyl sites for hydroxylation is 1. The number of aromatic nitrogens is 1. The quantitative estimate of drug-likeness (QED) is 0.424. The van der Waals surface area contributed by atoms with Gasteiger partial charge in [0.2, 0.25) is 0 Å². The van der Waals surface area contributed by atoms with E-state index < -0.39 is 0 Å². The van der Waals surface area contributed by atoms with Crippen molar-refractivity contribution in [3.63, 3.8) is 0 Å². The van der Waals surface area contributed by atoms with Gasteiger partial charge in [-0.15, -0.1) is 11.3 Å². The summed E-state index contributed by atoms with van der Waals surface area (Å²) in [6, 6.07) is 20.1. The topological polar surface area (TPSA) is 51.2 Å². The van der Waals surface area contributed by atoms with E-state index in [4.69, 9.17) is 4.74 Å². The Bertz CT molecular complexity index is 1140. The monoisotopic (exact) mass is 404 g/mol. The zero-order chi connectivity index (χ0) is 20.2. The van der Waals surface area contributed by atoms with E-state index in [1.54, 1.807) is 35.6 Å². The van der Waals surface area contributed by atoms with Crippen LogP contribution in [0.5, 0.6) is 11.5 Å². The summed E-state index contributed by atoms with van der Waals surface area (Å²) in [5.74, 6) is 0.420. The number of ether oxygens (including phenoxy) is 1. The van der Waals surface area contributed by atoms with E-state index in [0.29, 0.717) is 22.7 Å². The second-order valence-electron chi connectivity index (χ2n) is 6.37. The Morgan fingerprint density at radius 3 is 2.45 bits per heavy atom. The number of rotatable bonds is 5. The molecule has 0 bridgehead atoms. The Hall–Kier alpha value is -3.51. The van der Waals surface area contributed by atoms with Crippen molar-refractivity contribution in [2.45, 2.75) is 6.92 Å². The Kier molecular flexibility index (Phi) is 5.35. The van der Waals surface area contributed by atoms with E-state index in [2.05, 4.69) is 10.3 Å². The number of anilines is 1. The van der Waals surface area contributed by atoms with Crippen LogP contribution in [0.1, 0.15) is 15.4 Å². The van der Waals surface area contributed by atoms with Crippen molar-refractivity contribution in [3.05, 3.63) is 94.6 Å². The maximum Gasteiger partial charge on any atom is 0.255 e. The summed E-state index contributed by atoms with van der Waals surface area (Å²) in [5.41, 5.74) is 3.08. The van der Waals surface area contributed by atoms with Crippen LogP contribution in [0.2, 0.25) is 0 Å². The fourth-order valence-corrected chi connectivity index (χ4v) is 3.39. The number of carbonyl (C=O) groups excluding carboxylic acids is 1. The summed E-state index contributed by atoms with van der Waals surface area (Å²) >= 11 is 1.60. The first-order chi connectivity index (χ1) is 14.1. The van der Waals surface area contributed by atoms with Crippen molar-refractivity contribution >= 4 is 22.9 Å². The third kappa shape index (κ3) is 4.67. The molecule has 0 aliphatic rings. The standard InChI is InChI=1S/C23H17FN2O2S/c1-15-25-22(14-29-15)16-5-9-19(10-6-16)26-23(27)17-3-2-4-21(13-17)28-20-11-7-18(24)8-12-20/h2-14H,1H3,(H,26,27). The van der Waals surface area contributed by atoms with Crippen LogP contribution in [0.4, 0.5) is 10.1 Å². The molecule has 0 fully saturated rings. The van der Waals surface area contributed by atoms with Crippen LogP contribution in [-0.4, -0.2) is 10.9 Å². The number of halogens is 1. The first-order valence-electron chi connectivity index (χ1n) is 8.94. The molecule has 1 N–H and O–H groups in total. The smallest absolute Gasteiger partial charge is 0.255 e. The molecule has 4 rings (SSSR count). The van der Waals surface area contributed by atoms with Crippen molar-refractivity contribution in [1.82, 2.24) is 4.98 Å². The molecule has 6 heteroatoms. The second-order valence-corrected chi connectivity index (χ2v) is 7.43. The Labute approximate surface area is 171 Å². The lowest BCUT2D eigenvalue weighted by Crippen LogP contribution is -2.11. The molecule has 3 aromatic carbocycles. The first kappa shape index (κ1) is 18.8. The average Bonchev–Trinajstić information content (AvgIpc) is 3.17. The molecule has 144 valence electrons. The third-order valence-electron chi connectivity index (χ3n) is 4.20. The van der Waals surface area contributed by atoms with Crippen LogP contribution in [0.3, 0.4) is 0 Å². The number of nitrogens with zero attached hydrogens (tertiary/aromatic N) is 1. The molecule has 0 radical (unpaired) electrons. The van der Waals surface area contributed by atoms with Gasteiger partial charge in [-0.1, -0.05) is 18.2 Å². The molecule has 29 heavy (non-hydrogen) atoms. The summed E-state index contributed by atoms with van der Waals surface area (Å²) in [6.45, 7) is 1.97. The van der Waals surface area contributed by atoms with Crippen molar-refractivity contribution in [2.75, 3.05) is 5.32 Å². The van der Waals surface area contributed by atoms with E-state index in [1.165, 1.54) is 24.3 Å². The average molecular weight is 404 g/mol. The molecule has 1 aromatic heterocycles. The van der Waals surface area contributed by atoms with Crippen LogP contribution in [0, 0.1) is 12.7 Å². The molecule has 1 heterocycles. The van der Waals surface area contributed by atoms with Crippen molar-refractivity contribution in [1.29, 1.82) is 0 Å². The molecule has 4 nitrogen and oxygen atoms in total. The molecular formula is C23H17FN2O2S. The van der Waals surface area contributed by atoms with E-state index in [-0.39, 0.29) is 11.7 Å². The van der Waals surface area contributed by atoms with E-state index in [9.17, 15) is 9.18 Å². The number of thiazole rings is 1. The van der Waals surface area contributed by atoms with Gasteiger partial charge in [0, 0.05) is 22.2 Å². The van der Waals surface area contributed by atoms with Gasteiger partial charge in [-0.3, -0.25) is 4.79 Å². The highest BCUT2D eigenvalue weighted by atomic mass is 32.1. The Balaban J connectivity index is 1.45. The molecular weight excluding hydrogens is 387 g/mol. The normalized spacial score (nSPS) is 10.6. The predicted molar refractivity (Wildman–Crippen MR) is 113 cm³/mol. The molecule has 0 saturated carbocycles. The first-order valence-corrected chi connectivity index (χ1v) is 9.82. The van der Waals surface area contributed by atoms with Gasteiger partial charge in [0.25, 0.3) is 5.91 Å². The fraction of sp³-hybridized carbons (Fsp3) is 0.0435. The minimum Gasteiger partial charge on any atom is -0.457 e. The van der Waals surface area contributed by atoms with Gasteiger partial charge in [-0.2, -0.15) is 0 Å². The zero-order valence-corrected chi connectivity index (χ0v) is 16.4. The minimum absolute atomic E-state index is 0.244. The molecule has 0 aliphatic heterocycles. The molecule has 0 saturated heterocycles. The van der Waals surface area contributed by atoms with Crippen molar-refractivity contribution in [3.8, 4) is 22.8 Å². The van der Waals surface area contributed by atoms with Gasteiger partial charge in [0.05, 0.1) is 10.7 Å². The third-order valence-corrected chi connectivity index (χ3v) is 4.98. The zero-order valence-electron chi connectivity index (χ0n) is 15.6. The number of carbonyl (C=O) groups is 1. The largest absolute Gasteiger partial charge is 0.457 e. The number of hydrogen-bond acceptors (Lipinski definition) is 4. The highest BCUT2D eigenvalue weighted by Gasteiger charge is 2.09. The lowest BCUT2D eigenvalue weighted by molar-refractivity contribution is 0.102. The molecule has 4 aromatic rings. The Morgan fingerprint density at radius 2 is 1.76 bits per heavy atom. The van der Waals surface area contributed by atoms with Crippen LogP contribution in [-0.2, 0) is 0 Å². The fourth-order valence-electron chi connectivity index (χ4n) is 2.76. The van der Waals surface area contributed by atoms with Crippen LogP contribution in [0.25, 0.3) is 11.3 Å². The van der Waals surface area contributed by atoms with Crippen molar-refractivity contribution in [2.24, 2.45) is 0 Å². The number of hydrogen-bond donors (Lipinski definition) is 1. The maximum atomic E-state index is 13.0. The summed E-state index contributed by atoms with van der Waals surface area (Å²) in [7, 11) is 0. The summed E-state index contributed by atoms with van der Waals surface area (Å²) in [4.78, 5) is 17.1. The molecule has 0 aliphatic carbocycles.